The van der Waals surface area contributed by atoms with Crippen LogP contribution < -0.4 is 5.32 Å². The maximum absolute atomic E-state index is 12.6. The highest BCUT2D eigenvalue weighted by Gasteiger charge is 2.51. The van der Waals surface area contributed by atoms with Crippen LogP contribution in [-0.4, -0.2) is 62.8 Å². The van der Waals surface area contributed by atoms with Gasteiger partial charge >= 0.3 is 11.9 Å². The number of ether oxygens (including phenoxy) is 2. The quantitative estimate of drug-likeness (QED) is 0.0660. The average Bonchev–Trinajstić information content (AvgIpc) is 3.50. The number of nitrogens with one attached hydrogen (secondary N) is 1. The second-order valence-electron chi connectivity index (χ2n) is 6.42. The summed E-state index contributed by atoms with van der Waals surface area (Å²) in [7, 11) is 0. The van der Waals surface area contributed by atoms with Crippen LogP contribution in [0.4, 0.5) is 0 Å². The van der Waals surface area contributed by atoms with E-state index in [4.69, 9.17) is 14.7 Å². The van der Waals surface area contributed by atoms with Gasteiger partial charge in [-0.15, -0.1) is 0 Å². The van der Waals surface area contributed by atoms with Crippen molar-refractivity contribution in [3.63, 3.8) is 0 Å². The molecule has 2 unspecified atom stereocenters. The average molecular weight is 537 g/mol. The molecule has 0 bridgehead atoms. The molecule has 2 N–H and O–H groups in total. The molecule has 1 aliphatic heterocycles. The first-order chi connectivity index (χ1) is 13.8. The van der Waals surface area contributed by atoms with E-state index in [1.165, 1.54) is 0 Å². The lowest BCUT2D eigenvalue weighted by molar-refractivity contribution is -0.153. The highest BCUT2D eigenvalue weighted by molar-refractivity contribution is 14.1. The SMILES string of the molecule is N#CCC(=O)NC1C(=O)N(/C(C(=O)OCCI)=C(/CC(=O)O)OCC2CC2)C1S. The number of halogens is 1. The molecule has 2 atom stereocenters. The molecule has 0 radical (unpaired) electrons. The topological polar surface area (TPSA) is 146 Å². The normalized spacial score (nSPS) is 21.4. The number of thiol groups is 1. The minimum absolute atomic E-state index is 0.0630. The number of carboxylic acid groups (broad SMARTS) is 1. The highest BCUT2D eigenvalue weighted by atomic mass is 127. The summed E-state index contributed by atoms with van der Waals surface area (Å²) < 4.78 is 11.2. The van der Waals surface area contributed by atoms with Crippen LogP contribution in [0.15, 0.2) is 11.5 Å². The van der Waals surface area contributed by atoms with E-state index in [2.05, 4.69) is 17.9 Å². The first-order valence-electron chi connectivity index (χ1n) is 8.78. The molecule has 12 heteroatoms. The van der Waals surface area contributed by atoms with E-state index in [1.54, 1.807) is 6.07 Å². The van der Waals surface area contributed by atoms with Crippen molar-refractivity contribution in [2.75, 3.05) is 17.6 Å². The van der Waals surface area contributed by atoms with Gasteiger partial charge in [0.1, 0.15) is 36.6 Å². The molecule has 29 heavy (non-hydrogen) atoms. The number of carbonyl (C=O) groups is 4. The smallest absolute Gasteiger partial charge is 0.358 e. The summed E-state index contributed by atoms with van der Waals surface area (Å²) in [6, 6.07) is 0.613. The molecule has 158 valence electrons. The van der Waals surface area contributed by atoms with Crippen LogP contribution in [0.25, 0.3) is 0 Å². The Balaban J connectivity index is 2.29. The number of β-lactam (4-membered cyclic amide) rings is 1. The molecule has 1 saturated heterocycles. The van der Waals surface area contributed by atoms with Gasteiger partial charge in [-0.1, -0.05) is 22.6 Å². The monoisotopic (exact) mass is 537 g/mol. The van der Waals surface area contributed by atoms with Crippen LogP contribution in [0.1, 0.15) is 25.7 Å². The van der Waals surface area contributed by atoms with E-state index in [1.807, 2.05) is 22.6 Å². The first kappa shape index (κ1) is 23.3. The summed E-state index contributed by atoms with van der Waals surface area (Å²) >= 11 is 6.27. The number of likely N-dealkylation sites (tertiary alicyclic amines) is 1. The predicted molar refractivity (Wildman–Crippen MR) is 110 cm³/mol. The molecule has 2 rings (SSSR count). The molecule has 1 heterocycles. The zero-order valence-corrected chi connectivity index (χ0v) is 18.4. The number of nitriles is 1. The van der Waals surface area contributed by atoms with Gasteiger partial charge in [0.25, 0.3) is 5.91 Å². The molecule has 2 amide bonds. The van der Waals surface area contributed by atoms with Crippen molar-refractivity contribution in [2.45, 2.75) is 37.1 Å². The van der Waals surface area contributed by atoms with Crippen molar-refractivity contribution in [1.29, 1.82) is 5.26 Å². The Bertz CT molecular complexity index is 763. The van der Waals surface area contributed by atoms with Gasteiger partial charge in [-0.05, 0) is 18.8 Å². The molecule has 1 saturated carbocycles. The number of hydrogen-bond donors (Lipinski definition) is 3. The molecule has 0 aromatic heterocycles. The van der Waals surface area contributed by atoms with Crippen LogP contribution in [0.3, 0.4) is 0 Å². The molecule has 0 aromatic rings. The highest BCUT2D eigenvalue weighted by Crippen LogP contribution is 2.34. The number of carboxylic acids is 1. The van der Waals surface area contributed by atoms with E-state index in [9.17, 15) is 24.3 Å². The van der Waals surface area contributed by atoms with Gasteiger partial charge in [-0.3, -0.25) is 19.3 Å². The van der Waals surface area contributed by atoms with Crippen LogP contribution in [0.5, 0.6) is 0 Å². The van der Waals surface area contributed by atoms with Crippen LogP contribution in [-0.2, 0) is 28.7 Å². The van der Waals surface area contributed by atoms with E-state index < -0.39 is 48.0 Å². The maximum Gasteiger partial charge on any atom is 0.358 e. The molecule has 10 nitrogen and oxygen atoms in total. The largest absolute Gasteiger partial charge is 0.495 e. The van der Waals surface area contributed by atoms with Gasteiger partial charge in [0.05, 0.1) is 12.7 Å². The van der Waals surface area contributed by atoms with E-state index in [0.29, 0.717) is 4.43 Å². The fourth-order valence-corrected chi connectivity index (χ4v) is 3.19. The molecule has 2 fully saturated rings. The number of alkyl halides is 1. The zero-order valence-electron chi connectivity index (χ0n) is 15.3. The van der Waals surface area contributed by atoms with Gasteiger partial charge < -0.3 is 19.9 Å². The van der Waals surface area contributed by atoms with E-state index in [-0.39, 0.29) is 30.6 Å². The third kappa shape index (κ3) is 6.23. The number of rotatable bonds is 11. The second kappa shape index (κ2) is 10.7. The molecule has 2 aliphatic rings. The number of esters is 1. The van der Waals surface area contributed by atoms with Gasteiger partial charge in [-0.25, -0.2) is 4.79 Å². The Morgan fingerprint density at radius 3 is 2.55 bits per heavy atom. The van der Waals surface area contributed by atoms with Crippen molar-refractivity contribution in [1.82, 2.24) is 10.2 Å². The van der Waals surface area contributed by atoms with Crippen molar-refractivity contribution in [3.05, 3.63) is 11.5 Å². The van der Waals surface area contributed by atoms with Crippen molar-refractivity contribution in [2.24, 2.45) is 5.92 Å². The van der Waals surface area contributed by atoms with E-state index >= 15 is 0 Å². The number of amides is 2. The molecular weight excluding hydrogens is 517 g/mol. The molecular formula is C17H20IN3O7S. The fraction of sp³-hybridized carbons (Fsp3) is 0.588. The zero-order chi connectivity index (χ0) is 21.6. The van der Waals surface area contributed by atoms with E-state index in [0.717, 1.165) is 17.7 Å². The van der Waals surface area contributed by atoms with Gasteiger partial charge in [0, 0.05) is 4.43 Å². The van der Waals surface area contributed by atoms with Gasteiger partial charge in [0.15, 0.2) is 5.70 Å². The molecule has 0 aromatic carbocycles. The Hall–Kier alpha value is -2.01. The minimum atomic E-state index is -1.24. The molecule has 1 aliphatic carbocycles. The summed E-state index contributed by atoms with van der Waals surface area (Å²) in [5.74, 6) is -3.37. The Morgan fingerprint density at radius 1 is 1.34 bits per heavy atom. The second-order valence-corrected chi connectivity index (χ2v) is 8.03. The summed E-state index contributed by atoms with van der Waals surface area (Å²) in [5.41, 5.74) is -0.325. The van der Waals surface area contributed by atoms with Crippen molar-refractivity contribution in [3.8, 4) is 6.07 Å². The third-order valence-corrected chi connectivity index (χ3v) is 5.10. The maximum atomic E-state index is 12.6. The first-order valence-corrected chi connectivity index (χ1v) is 10.8. The lowest BCUT2D eigenvalue weighted by Gasteiger charge is -2.45. The van der Waals surface area contributed by atoms with Crippen LogP contribution in [0, 0.1) is 17.2 Å². The number of aliphatic carboxylic acids is 1. The van der Waals surface area contributed by atoms with Crippen LogP contribution in [0.2, 0.25) is 0 Å². The summed E-state index contributed by atoms with van der Waals surface area (Å²) in [6.07, 6.45) is 0.843. The fourth-order valence-electron chi connectivity index (χ4n) is 2.54. The number of hydrogen-bond acceptors (Lipinski definition) is 8. The van der Waals surface area contributed by atoms with Crippen LogP contribution >= 0.6 is 35.2 Å². The van der Waals surface area contributed by atoms with Gasteiger partial charge in [-0.2, -0.15) is 17.9 Å². The summed E-state index contributed by atoms with van der Waals surface area (Å²) in [6.45, 7) is 0.292. The summed E-state index contributed by atoms with van der Waals surface area (Å²) in [4.78, 5) is 49.1. The Morgan fingerprint density at radius 2 is 2.03 bits per heavy atom. The Kier molecular flexibility index (Phi) is 8.57. The predicted octanol–water partition coefficient (Wildman–Crippen LogP) is 0.574. The Labute approximate surface area is 186 Å². The third-order valence-electron chi connectivity index (χ3n) is 4.13. The number of carbonyl (C=O) groups excluding carboxylic acids is 3. The number of nitrogens with zero attached hydrogens (tertiary/aromatic N) is 2. The lowest BCUT2D eigenvalue weighted by Crippen LogP contribution is -2.68. The summed E-state index contributed by atoms with van der Waals surface area (Å²) in [5, 5.41) is 19.2. The standard InChI is InChI=1S/C17H20IN3O7S/c18-4-6-27-17(26)14(10(7-12(23)24)28-8-9-1-2-9)21-15(25)13(16(21)29)20-11(22)3-5-19/h9,13,16,29H,1-4,6-8H2,(H,20,22)(H,23,24)/b14-10-. The van der Waals surface area contributed by atoms with Gasteiger partial charge in [0.2, 0.25) is 5.91 Å². The van der Waals surface area contributed by atoms with Crippen molar-refractivity contribution < 1.29 is 33.8 Å². The minimum Gasteiger partial charge on any atom is -0.495 e. The van der Waals surface area contributed by atoms with Crippen molar-refractivity contribution >= 4 is 59.0 Å². The molecule has 0 spiro atoms. The lowest BCUT2D eigenvalue weighted by atomic mass is 10.0.